The molecule has 0 fully saturated rings. The van der Waals surface area contributed by atoms with Gasteiger partial charge in [-0.3, -0.25) is 9.59 Å². The van der Waals surface area contributed by atoms with Gasteiger partial charge in [0.2, 0.25) is 0 Å². The van der Waals surface area contributed by atoms with E-state index in [2.05, 4.69) is 5.32 Å². The second-order valence-corrected chi connectivity index (χ2v) is 7.36. The number of anilines is 1. The van der Waals surface area contributed by atoms with Crippen LogP contribution in [0, 0.1) is 0 Å². The van der Waals surface area contributed by atoms with Crippen molar-refractivity contribution in [1.29, 1.82) is 0 Å². The molecule has 3 N–H and O–H groups in total. The first-order valence-corrected chi connectivity index (χ1v) is 9.21. The summed E-state index contributed by atoms with van der Waals surface area (Å²) in [5.74, 6) is -1.59. The van der Waals surface area contributed by atoms with Gasteiger partial charge < -0.3 is 15.8 Å². The Balaban J connectivity index is 1.71. The molecule has 24 heavy (non-hydrogen) atoms. The van der Waals surface area contributed by atoms with Crippen LogP contribution < -0.4 is 11.1 Å². The number of nitrogens with two attached hydrogens (primary N) is 1. The molecular weight excluding hydrogens is 348 g/mol. The summed E-state index contributed by atoms with van der Waals surface area (Å²) in [7, 11) is 0. The zero-order valence-electron chi connectivity index (χ0n) is 13.0. The summed E-state index contributed by atoms with van der Waals surface area (Å²) < 4.78 is 5.15. The number of amides is 2. The molecule has 3 rings (SSSR count). The predicted octanol–water partition coefficient (Wildman–Crippen LogP) is 2.58. The second kappa shape index (κ2) is 6.74. The number of fused-ring (bicyclic) bond motifs is 1. The first-order valence-electron chi connectivity index (χ1n) is 7.45. The van der Waals surface area contributed by atoms with Crippen molar-refractivity contribution in [2.24, 2.45) is 5.73 Å². The van der Waals surface area contributed by atoms with Crippen LogP contribution in [0.2, 0.25) is 0 Å². The van der Waals surface area contributed by atoms with E-state index in [4.69, 9.17) is 10.5 Å². The Hall–Kier alpha value is -2.19. The van der Waals surface area contributed by atoms with Crippen molar-refractivity contribution in [3.8, 4) is 0 Å². The number of aryl methyl sites for hydroxylation is 1. The monoisotopic (exact) mass is 364 g/mol. The van der Waals surface area contributed by atoms with E-state index in [1.807, 2.05) is 0 Å². The molecule has 126 valence electrons. The minimum absolute atomic E-state index is 0.386. The van der Waals surface area contributed by atoms with E-state index in [-0.39, 0.29) is 0 Å². The fourth-order valence-corrected chi connectivity index (χ4v) is 4.55. The summed E-state index contributed by atoms with van der Waals surface area (Å²) >= 11 is 2.74. The first kappa shape index (κ1) is 16.7. The van der Waals surface area contributed by atoms with E-state index in [1.54, 1.807) is 16.8 Å². The third kappa shape index (κ3) is 3.20. The number of thiophene rings is 2. The average molecular weight is 364 g/mol. The van der Waals surface area contributed by atoms with Gasteiger partial charge in [0.1, 0.15) is 5.00 Å². The summed E-state index contributed by atoms with van der Waals surface area (Å²) in [4.78, 5) is 37.0. The van der Waals surface area contributed by atoms with Crippen LogP contribution >= 0.6 is 22.7 Å². The van der Waals surface area contributed by atoms with E-state index < -0.39 is 23.9 Å². The molecule has 2 aromatic heterocycles. The van der Waals surface area contributed by atoms with Crippen LogP contribution in [0.4, 0.5) is 5.00 Å². The Morgan fingerprint density at radius 2 is 2.12 bits per heavy atom. The summed E-state index contributed by atoms with van der Waals surface area (Å²) in [6.07, 6.45) is 1.70. The molecule has 2 heterocycles. The van der Waals surface area contributed by atoms with Gasteiger partial charge in [-0.15, -0.1) is 11.3 Å². The number of esters is 1. The van der Waals surface area contributed by atoms with Gasteiger partial charge in [0, 0.05) is 10.3 Å². The lowest BCUT2D eigenvalue weighted by Crippen LogP contribution is -2.30. The molecule has 0 saturated carbocycles. The Morgan fingerprint density at radius 1 is 1.33 bits per heavy atom. The molecule has 0 unspecified atom stereocenters. The van der Waals surface area contributed by atoms with Gasteiger partial charge in [-0.25, -0.2) is 4.79 Å². The highest BCUT2D eigenvalue weighted by Crippen LogP contribution is 2.38. The lowest BCUT2D eigenvalue weighted by Gasteiger charge is -2.13. The Labute approximate surface area is 146 Å². The minimum atomic E-state index is -0.977. The number of primary amides is 1. The van der Waals surface area contributed by atoms with Crippen molar-refractivity contribution in [1.82, 2.24) is 0 Å². The number of hydrogen-bond donors (Lipinski definition) is 2. The normalized spacial score (nSPS) is 14.0. The molecule has 1 aliphatic rings. The molecule has 8 heteroatoms. The van der Waals surface area contributed by atoms with Crippen molar-refractivity contribution in [2.75, 3.05) is 5.32 Å². The number of ether oxygens (including phenoxy) is 1. The maximum Gasteiger partial charge on any atom is 0.339 e. The van der Waals surface area contributed by atoms with E-state index in [1.165, 1.54) is 29.6 Å². The highest BCUT2D eigenvalue weighted by atomic mass is 32.1. The van der Waals surface area contributed by atoms with E-state index in [0.29, 0.717) is 16.1 Å². The van der Waals surface area contributed by atoms with Crippen molar-refractivity contribution < 1.29 is 19.1 Å². The van der Waals surface area contributed by atoms with Gasteiger partial charge >= 0.3 is 5.97 Å². The molecule has 2 amide bonds. The number of nitrogens with one attached hydrogen (secondary N) is 1. The van der Waals surface area contributed by atoms with Gasteiger partial charge in [-0.1, -0.05) is 0 Å². The van der Waals surface area contributed by atoms with Crippen LogP contribution in [0.3, 0.4) is 0 Å². The predicted molar refractivity (Wildman–Crippen MR) is 92.7 cm³/mol. The van der Waals surface area contributed by atoms with E-state index >= 15 is 0 Å². The molecule has 1 atom stereocenters. The summed E-state index contributed by atoms with van der Waals surface area (Å²) in [6, 6.07) is 1.63. The van der Waals surface area contributed by atoms with Gasteiger partial charge in [0.15, 0.2) is 6.10 Å². The van der Waals surface area contributed by atoms with Crippen LogP contribution in [-0.2, 0) is 22.4 Å². The molecule has 0 aliphatic heterocycles. The first-order chi connectivity index (χ1) is 11.5. The van der Waals surface area contributed by atoms with Crippen LogP contribution in [-0.4, -0.2) is 23.9 Å². The highest BCUT2D eigenvalue weighted by Gasteiger charge is 2.28. The molecule has 0 spiro atoms. The van der Waals surface area contributed by atoms with Crippen molar-refractivity contribution in [3.05, 3.63) is 38.4 Å². The Kier molecular flexibility index (Phi) is 4.68. The van der Waals surface area contributed by atoms with Crippen LogP contribution in [0.5, 0.6) is 0 Å². The van der Waals surface area contributed by atoms with Crippen LogP contribution in [0.15, 0.2) is 16.8 Å². The third-order valence-corrected chi connectivity index (χ3v) is 5.70. The van der Waals surface area contributed by atoms with E-state index in [9.17, 15) is 14.4 Å². The van der Waals surface area contributed by atoms with Crippen molar-refractivity contribution in [3.63, 3.8) is 0 Å². The zero-order valence-corrected chi connectivity index (χ0v) is 14.6. The molecular formula is C16H16N2O4S2. The Bertz CT molecular complexity index is 795. The molecule has 0 bridgehead atoms. The van der Waals surface area contributed by atoms with Crippen LogP contribution in [0.1, 0.15) is 44.5 Å². The number of rotatable bonds is 5. The van der Waals surface area contributed by atoms with E-state index in [0.717, 1.165) is 29.7 Å². The summed E-state index contributed by atoms with van der Waals surface area (Å²) in [5.41, 5.74) is 7.19. The van der Waals surface area contributed by atoms with Crippen LogP contribution in [0.25, 0.3) is 0 Å². The maximum atomic E-state index is 12.3. The second-order valence-electron chi connectivity index (χ2n) is 5.47. The van der Waals surface area contributed by atoms with Crippen molar-refractivity contribution >= 4 is 45.5 Å². The largest absolute Gasteiger partial charge is 0.449 e. The highest BCUT2D eigenvalue weighted by molar-refractivity contribution is 7.17. The minimum Gasteiger partial charge on any atom is -0.449 e. The maximum absolute atomic E-state index is 12.3. The van der Waals surface area contributed by atoms with Gasteiger partial charge in [0.05, 0.1) is 11.1 Å². The van der Waals surface area contributed by atoms with Gasteiger partial charge in [-0.05, 0) is 43.2 Å². The SMILES string of the molecule is C[C@@H](OC(=O)c1ccsc1)C(=O)Nc1sc2c(c1C(N)=O)CCC2. The topological polar surface area (TPSA) is 98.5 Å². The number of carbonyl (C=O) groups excluding carboxylic acids is 3. The lowest BCUT2D eigenvalue weighted by molar-refractivity contribution is -0.123. The smallest absolute Gasteiger partial charge is 0.339 e. The molecule has 0 aromatic carbocycles. The number of carbonyl (C=O) groups is 3. The quantitative estimate of drug-likeness (QED) is 0.797. The fourth-order valence-electron chi connectivity index (χ4n) is 2.63. The molecule has 0 radical (unpaired) electrons. The standard InChI is InChI=1S/C16H16N2O4S2/c1-8(22-16(21)9-5-6-23-7-9)14(20)18-15-12(13(17)19)10-3-2-4-11(10)24-15/h5-8H,2-4H2,1H3,(H2,17,19)(H,18,20)/t8-/m1/s1. The average Bonchev–Trinajstić information content (AvgIpc) is 3.22. The third-order valence-electron chi connectivity index (χ3n) is 3.81. The molecule has 0 saturated heterocycles. The summed E-state index contributed by atoms with van der Waals surface area (Å²) in [6.45, 7) is 1.49. The molecule has 1 aliphatic carbocycles. The van der Waals surface area contributed by atoms with Crippen molar-refractivity contribution in [2.45, 2.75) is 32.3 Å². The molecule has 6 nitrogen and oxygen atoms in total. The molecule has 2 aromatic rings. The lowest BCUT2D eigenvalue weighted by atomic mass is 10.1. The summed E-state index contributed by atoms with van der Waals surface area (Å²) in [5, 5.41) is 6.53. The Morgan fingerprint density at radius 3 is 2.79 bits per heavy atom. The van der Waals surface area contributed by atoms with Gasteiger partial charge in [-0.2, -0.15) is 11.3 Å². The number of hydrogen-bond acceptors (Lipinski definition) is 6. The fraction of sp³-hybridized carbons (Fsp3) is 0.312. The van der Waals surface area contributed by atoms with Gasteiger partial charge in [0.25, 0.3) is 11.8 Å². The zero-order chi connectivity index (χ0) is 17.3.